The predicted octanol–water partition coefficient (Wildman–Crippen LogP) is 5.57. The first-order chi connectivity index (χ1) is 14.1. The van der Waals surface area contributed by atoms with E-state index in [1.54, 1.807) is 30.3 Å². The molecule has 1 atom stereocenters. The average molecular weight is 425 g/mol. The lowest BCUT2D eigenvalue weighted by molar-refractivity contribution is -0.120. The number of benzene rings is 3. The molecule has 0 spiro atoms. The number of hydrogen-bond acceptors (Lipinski definition) is 4. The summed E-state index contributed by atoms with van der Waals surface area (Å²) in [4.78, 5) is 25.9. The van der Waals surface area contributed by atoms with E-state index < -0.39 is 5.25 Å². The van der Waals surface area contributed by atoms with Gasteiger partial charge in [-0.15, -0.1) is 11.8 Å². The molecule has 0 radical (unpaired) electrons. The number of ether oxygens (including phenoxy) is 1. The number of anilines is 2. The molecule has 0 bridgehead atoms. The van der Waals surface area contributed by atoms with Gasteiger partial charge in [0.1, 0.15) is 5.75 Å². The van der Waals surface area contributed by atoms with E-state index in [9.17, 15) is 9.59 Å². The highest BCUT2D eigenvalue weighted by molar-refractivity contribution is 8.01. The first-order valence-corrected chi connectivity index (χ1v) is 10.2. The molecule has 146 valence electrons. The first kappa shape index (κ1) is 19.4. The summed E-state index contributed by atoms with van der Waals surface area (Å²) in [5.41, 5.74) is 1.29. The Morgan fingerprint density at radius 3 is 2.52 bits per heavy atom. The van der Waals surface area contributed by atoms with Crippen molar-refractivity contribution >= 4 is 46.6 Å². The Balaban J connectivity index is 1.45. The molecule has 1 aliphatic rings. The Hall–Kier alpha value is -2.96. The summed E-state index contributed by atoms with van der Waals surface area (Å²) >= 11 is 7.55. The summed E-state index contributed by atoms with van der Waals surface area (Å²) in [6, 6.07) is 21.8. The van der Waals surface area contributed by atoms with Crippen LogP contribution in [0.1, 0.15) is 6.42 Å². The highest BCUT2D eigenvalue weighted by atomic mass is 35.5. The van der Waals surface area contributed by atoms with Crippen molar-refractivity contribution in [2.75, 3.05) is 10.6 Å². The van der Waals surface area contributed by atoms with E-state index in [0.717, 1.165) is 10.6 Å². The van der Waals surface area contributed by atoms with Gasteiger partial charge in [-0.1, -0.05) is 48.0 Å². The van der Waals surface area contributed by atoms with Crippen LogP contribution in [0.4, 0.5) is 11.4 Å². The van der Waals surface area contributed by atoms with E-state index in [1.807, 2.05) is 42.5 Å². The Bertz CT molecular complexity index is 1070. The van der Waals surface area contributed by atoms with Gasteiger partial charge in [-0.25, -0.2) is 0 Å². The van der Waals surface area contributed by atoms with Gasteiger partial charge < -0.3 is 15.4 Å². The summed E-state index contributed by atoms with van der Waals surface area (Å²) in [6.45, 7) is 0. The molecule has 7 heteroatoms. The highest BCUT2D eigenvalue weighted by Gasteiger charge is 2.29. The maximum absolute atomic E-state index is 12.6. The van der Waals surface area contributed by atoms with Gasteiger partial charge in [0.2, 0.25) is 11.8 Å². The van der Waals surface area contributed by atoms with Crippen molar-refractivity contribution in [3.8, 4) is 11.5 Å². The minimum Gasteiger partial charge on any atom is -0.454 e. The van der Waals surface area contributed by atoms with Crippen molar-refractivity contribution in [2.24, 2.45) is 0 Å². The molecule has 0 saturated heterocycles. The number of thioether (sulfide) groups is 1. The van der Waals surface area contributed by atoms with Crippen LogP contribution in [-0.4, -0.2) is 17.1 Å². The zero-order chi connectivity index (χ0) is 20.2. The van der Waals surface area contributed by atoms with Crippen molar-refractivity contribution in [3.05, 3.63) is 77.8 Å². The molecule has 0 fully saturated rings. The molecule has 1 heterocycles. The summed E-state index contributed by atoms with van der Waals surface area (Å²) < 4.78 is 5.87. The van der Waals surface area contributed by atoms with E-state index in [0.29, 0.717) is 22.2 Å². The summed E-state index contributed by atoms with van der Waals surface area (Å²) in [5.74, 6) is 0.520. The number of fused-ring (bicyclic) bond motifs is 1. The predicted molar refractivity (Wildman–Crippen MR) is 116 cm³/mol. The van der Waals surface area contributed by atoms with Crippen LogP contribution in [0, 0.1) is 0 Å². The number of nitrogens with one attached hydrogen (secondary N) is 2. The topological polar surface area (TPSA) is 67.4 Å². The molecular formula is C22H17ClN2O3S. The third kappa shape index (κ3) is 4.55. The van der Waals surface area contributed by atoms with Crippen LogP contribution in [-0.2, 0) is 9.59 Å². The van der Waals surface area contributed by atoms with Crippen LogP contribution < -0.4 is 15.4 Å². The molecule has 3 aromatic rings. The lowest BCUT2D eigenvalue weighted by Crippen LogP contribution is -2.32. The normalized spacial score (nSPS) is 15.2. The summed E-state index contributed by atoms with van der Waals surface area (Å²) in [6.07, 6.45) is 0.0469. The lowest BCUT2D eigenvalue weighted by atomic mass is 10.2. The molecule has 3 aromatic carbocycles. The SMILES string of the molecule is O=C(CC1Sc2ccccc2NC1=O)Nc1ccccc1Oc1ccccc1Cl. The lowest BCUT2D eigenvalue weighted by Gasteiger charge is -2.23. The van der Waals surface area contributed by atoms with Crippen LogP contribution in [0.25, 0.3) is 0 Å². The smallest absolute Gasteiger partial charge is 0.238 e. The maximum Gasteiger partial charge on any atom is 0.238 e. The number of carbonyl (C=O) groups is 2. The minimum absolute atomic E-state index is 0.0469. The number of rotatable bonds is 5. The minimum atomic E-state index is -0.499. The van der Waals surface area contributed by atoms with Gasteiger partial charge in [0.25, 0.3) is 0 Å². The molecule has 2 N–H and O–H groups in total. The number of amides is 2. The van der Waals surface area contributed by atoms with E-state index >= 15 is 0 Å². The molecule has 1 aliphatic heterocycles. The number of hydrogen-bond donors (Lipinski definition) is 2. The molecule has 0 aromatic heterocycles. The molecule has 0 saturated carbocycles. The monoisotopic (exact) mass is 424 g/mol. The Morgan fingerprint density at radius 2 is 1.69 bits per heavy atom. The Kier molecular flexibility index (Phi) is 5.74. The molecule has 2 amide bonds. The van der Waals surface area contributed by atoms with Crippen LogP contribution in [0.5, 0.6) is 11.5 Å². The maximum atomic E-state index is 12.6. The van der Waals surface area contributed by atoms with Crippen LogP contribution in [0.3, 0.4) is 0 Å². The zero-order valence-electron chi connectivity index (χ0n) is 15.2. The molecular weight excluding hydrogens is 408 g/mol. The molecule has 5 nitrogen and oxygen atoms in total. The third-order valence-corrected chi connectivity index (χ3v) is 5.88. The number of halogens is 1. The van der Waals surface area contributed by atoms with E-state index in [1.165, 1.54) is 11.8 Å². The zero-order valence-corrected chi connectivity index (χ0v) is 16.8. The van der Waals surface area contributed by atoms with Crippen molar-refractivity contribution in [1.82, 2.24) is 0 Å². The van der Waals surface area contributed by atoms with Gasteiger partial charge in [0.05, 0.1) is 21.6 Å². The second-order valence-corrected chi connectivity index (χ2v) is 8.02. The Morgan fingerprint density at radius 1 is 1.00 bits per heavy atom. The van der Waals surface area contributed by atoms with Gasteiger partial charge in [0.15, 0.2) is 5.75 Å². The fourth-order valence-electron chi connectivity index (χ4n) is 2.90. The van der Waals surface area contributed by atoms with Crippen LogP contribution >= 0.6 is 23.4 Å². The third-order valence-electron chi connectivity index (χ3n) is 4.30. The molecule has 29 heavy (non-hydrogen) atoms. The van der Waals surface area contributed by atoms with E-state index in [4.69, 9.17) is 16.3 Å². The fourth-order valence-corrected chi connectivity index (χ4v) is 4.19. The largest absolute Gasteiger partial charge is 0.454 e. The number of carbonyl (C=O) groups excluding carboxylic acids is 2. The van der Waals surface area contributed by atoms with Crippen molar-refractivity contribution in [3.63, 3.8) is 0 Å². The second kappa shape index (κ2) is 8.59. The van der Waals surface area contributed by atoms with Gasteiger partial charge >= 0.3 is 0 Å². The summed E-state index contributed by atoms with van der Waals surface area (Å²) in [5, 5.41) is 5.67. The first-order valence-electron chi connectivity index (χ1n) is 8.98. The van der Waals surface area contributed by atoms with Crippen LogP contribution in [0.2, 0.25) is 5.02 Å². The number of para-hydroxylation sites is 4. The molecule has 0 aliphatic carbocycles. The second-order valence-electron chi connectivity index (χ2n) is 6.37. The van der Waals surface area contributed by atoms with Crippen LogP contribution in [0.15, 0.2) is 77.7 Å². The van der Waals surface area contributed by atoms with Gasteiger partial charge in [-0.3, -0.25) is 9.59 Å². The van der Waals surface area contributed by atoms with Crippen molar-refractivity contribution in [1.29, 1.82) is 0 Å². The Labute approximate surface area is 177 Å². The summed E-state index contributed by atoms with van der Waals surface area (Å²) in [7, 11) is 0. The fraction of sp³-hybridized carbons (Fsp3) is 0.0909. The van der Waals surface area contributed by atoms with E-state index in [-0.39, 0.29) is 18.2 Å². The average Bonchev–Trinajstić information content (AvgIpc) is 2.71. The van der Waals surface area contributed by atoms with Crippen molar-refractivity contribution < 1.29 is 14.3 Å². The molecule has 4 rings (SSSR count). The molecule has 1 unspecified atom stereocenters. The van der Waals surface area contributed by atoms with Crippen molar-refractivity contribution in [2.45, 2.75) is 16.6 Å². The quantitative estimate of drug-likeness (QED) is 0.561. The van der Waals surface area contributed by atoms with E-state index in [2.05, 4.69) is 10.6 Å². The van der Waals surface area contributed by atoms with Gasteiger partial charge in [-0.05, 0) is 36.4 Å². The van der Waals surface area contributed by atoms with Gasteiger partial charge in [-0.2, -0.15) is 0 Å². The highest BCUT2D eigenvalue weighted by Crippen LogP contribution is 2.37. The van der Waals surface area contributed by atoms with Gasteiger partial charge in [0, 0.05) is 11.3 Å². The standard InChI is InChI=1S/C22H17ClN2O3S/c23-14-7-1-4-10-17(14)28-18-11-5-2-8-15(18)24-21(26)13-20-22(27)25-16-9-3-6-12-19(16)29-20/h1-12,20H,13H2,(H,24,26)(H,25,27).